The lowest BCUT2D eigenvalue weighted by molar-refractivity contribution is 0.0649. The first-order valence-electron chi connectivity index (χ1n) is 10.8. The molecule has 8 heteroatoms. The molecule has 31 heavy (non-hydrogen) atoms. The average molecular weight is 459 g/mol. The number of nitrogens with one attached hydrogen (secondary N) is 1. The Morgan fingerprint density at radius 3 is 2.90 bits per heavy atom. The van der Waals surface area contributed by atoms with Crippen molar-refractivity contribution in [1.29, 1.82) is 0 Å². The Morgan fingerprint density at radius 1 is 1.35 bits per heavy atom. The van der Waals surface area contributed by atoms with E-state index >= 15 is 0 Å². The number of aryl methyl sites for hydroxylation is 1. The number of furan rings is 1. The van der Waals surface area contributed by atoms with Gasteiger partial charge in [-0.05, 0) is 52.1 Å². The third-order valence-electron chi connectivity index (χ3n) is 5.95. The molecule has 0 spiro atoms. The fourth-order valence-electron chi connectivity index (χ4n) is 4.12. The third-order valence-corrected chi connectivity index (χ3v) is 7.95. The number of nitrogens with zero attached hydrogens (tertiary/aromatic N) is 3. The number of thioether (sulfide) groups is 1. The number of aromatic nitrogens is 2. The molecule has 0 saturated carbocycles. The Balaban J connectivity index is 1.50. The summed E-state index contributed by atoms with van der Waals surface area (Å²) in [6.07, 6.45) is 2.50. The molecule has 1 atom stereocenters. The summed E-state index contributed by atoms with van der Waals surface area (Å²) in [5, 5.41) is 13.3. The van der Waals surface area contributed by atoms with E-state index in [-0.39, 0.29) is 11.4 Å². The van der Waals surface area contributed by atoms with Crippen LogP contribution in [0.15, 0.2) is 33.0 Å². The highest BCUT2D eigenvalue weighted by Crippen LogP contribution is 2.33. The highest BCUT2D eigenvalue weighted by molar-refractivity contribution is 8.00. The molecule has 4 rings (SSSR count). The van der Waals surface area contributed by atoms with Crippen molar-refractivity contribution in [2.45, 2.75) is 56.2 Å². The van der Waals surface area contributed by atoms with Crippen molar-refractivity contribution in [1.82, 2.24) is 20.4 Å². The minimum Gasteiger partial charge on any atom is -0.451 e. The maximum Gasteiger partial charge on any atom is 0.287 e. The number of piperidine rings is 1. The first kappa shape index (κ1) is 22.3. The molecule has 1 unspecified atom stereocenters. The lowest BCUT2D eigenvalue weighted by Crippen LogP contribution is -2.54. The molecular weight excluding hydrogens is 428 g/mol. The number of hydrogen-bond donors (Lipinski definition) is 1. The SMILES string of the molecule is Cc1nnc(SCc2c(C(=O)NCC(C)(C)N3CCCC(C)C3)oc3ccccc23)s1. The van der Waals surface area contributed by atoms with E-state index in [1.54, 1.807) is 23.1 Å². The molecule has 3 aromatic rings. The van der Waals surface area contributed by atoms with Gasteiger partial charge in [-0.1, -0.05) is 48.2 Å². The Kier molecular flexibility index (Phi) is 6.69. The molecule has 1 aromatic carbocycles. The first-order chi connectivity index (χ1) is 14.8. The minimum absolute atomic E-state index is 0.102. The maximum atomic E-state index is 13.2. The van der Waals surface area contributed by atoms with Crippen molar-refractivity contribution in [3.05, 3.63) is 40.6 Å². The van der Waals surface area contributed by atoms with E-state index in [4.69, 9.17) is 4.42 Å². The molecule has 2 aromatic heterocycles. The topological polar surface area (TPSA) is 71.3 Å². The number of hydrogen-bond acceptors (Lipinski definition) is 7. The quantitative estimate of drug-likeness (QED) is 0.495. The van der Waals surface area contributed by atoms with Crippen molar-refractivity contribution in [3.8, 4) is 0 Å². The van der Waals surface area contributed by atoms with E-state index in [0.29, 0.717) is 24.0 Å². The van der Waals surface area contributed by atoms with Crippen LogP contribution < -0.4 is 5.32 Å². The van der Waals surface area contributed by atoms with Crippen LogP contribution in [0, 0.1) is 12.8 Å². The van der Waals surface area contributed by atoms with E-state index < -0.39 is 0 Å². The van der Waals surface area contributed by atoms with E-state index in [0.717, 1.165) is 39.0 Å². The summed E-state index contributed by atoms with van der Waals surface area (Å²) in [4.78, 5) is 15.7. The van der Waals surface area contributed by atoms with Crippen LogP contribution in [0.5, 0.6) is 0 Å². The molecule has 1 aliphatic rings. The predicted molar refractivity (Wildman–Crippen MR) is 127 cm³/mol. The summed E-state index contributed by atoms with van der Waals surface area (Å²) in [7, 11) is 0. The Bertz CT molecular complexity index is 1060. The number of rotatable bonds is 7. The van der Waals surface area contributed by atoms with Gasteiger partial charge < -0.3 is 9.73 Å². The van der Waals surface area contributed by atoms with Crippen molar-refractivity contribution in [2.24, 2.45) is 5.92 Å². The zero-order valence-electron chi connectivity index (χ0n) is 18.6. The fourth-order valence-corrected chi connectivity index (χ4v) is 5.97. The normalized spacial score (nSPS) is 17.9. The van der Waals surface area contributed by atoms with Gasteiger partial charge in [-0.25, -0.2) is 0 Å². The molecule has 166 valence electrons. The molecule has 6 nitrogen and oxygen atoms in total. The average Bonchev–Trinajstić information content (AvgIpc) is 3.33. The zero-order valence-corrected chi connectivity index (χ0v) is 20.2. The number of para-hydroxylation sites is 1. The zero-order chi connectivity index (χ0) is 22.0. The Hall–Kier alpha value is -1.90. The van der Waals surface area contributed by atoms with Crippen LogP contribution >= 0.6 is 23.1 Å². The molecule has 1 N–H and O–H groups in total. The number of fused-ring (bicyclic) bond motifs is 1. The van der Waals surface area contributed by atoms with Gasteiger partial charge >= 0.3 is 0 Å². The van der Waals surface area contributed by atoms with Crippen molar-refractivity contribution < 1.29 is 9.21 Å². The summed E-state index contributed by atoms with van der Waals surface area (Å²) in [5.74, 6) is 1.56. The lowest BCUT2D eigenvalue weighted by atomic mass is 9.93. The van der Waals surface area contributed by atoms with E-state index in [1.807, 2.05) is 31.2 Å². The molecule has 1 aliphatic heterocycles. The smallest absolute Gasteiger partial charge is 0.287 e. The van der Waals surface area contributed by atoms with Crippen molar-refractivity contribution in [3.63, 3.8) is 0 Å². The molecular formula is C23H30N4O2S2. The summed E-state index contributed by atoms with van der Waals surface area (Å²) in [5.41, 5.74) is 1.55. The first-order valence-corrected chi connectivity index (χ1v) is 12.6. The highest BCUT2D eigenvalue weighted by Gasteiger charge is 2.31. The molecule has 1 amide bonds. The van der Waals surface area contributed by atoms with E-state index in [1.165, 1.54) is 12.8 Å². The highest BCUT2D eigenvalue weighted by atomic mass is 32.2. The van der Waals surface area contributed by atoms with Gasteiger partial charge in [0.05, 0.1) is 0 Å². The van der Waals surface area contributed by atoms with Gasteiger partial charge in [0, 0.05) is 35.3 Å². The van der Waals surface area contributed by atoms with Gasteiger partial charge in [-0.2, -0.15) is 0 Å². The summed E-state index contributed by atoms with van der Waals surface area (Å²) in [6, 6.07) is 7.83. The minimum atomic E-state index is -0.154. The molecule has 3 heterocycles. The van der Waals surface area contributed by atoms with Crippen LogP contribution in [0.4, 0.5) is 0 Å². The van der Waals surface area contributed by atoms with Gasteiger partial charge in [0.25, 0.3) is 5.91 Å². The van der Waals surface area contributed by atoms with Crippen LogP contribution in [-0.2, 0) is 5.75 Å². The predicted octanol–water partition coefficient (Wildman–Crippen LogP) is 5.13. The van der Waals surface area contributed by atoms with E-state index in [2.05, 4.69) is 41.2 Å². The molecule has 0 bridgehead atoms. The van der Waals surface area contributed by atoms with E-state index in [9.17, 15) is 4.79 Å². The lowest BCUT2D eigenvalue weighted by Gasteiger charge is -2.43. The fraction of sp³-hybridized carbons (Fsp3) is 0.522. The monoisotopic (exact) mass is 458 g/mol. The maximum absolute atomic E-state index is 13.2. The van der Waals surface area contributed by atoms with Gasteiger partial charge in [0.15, 0.2) is 10.1 Å². The molecule has 1 saturated heterocycles. The Labute approximate surface area is 191 Å². The molecule has 0 radical (unpaired) electrons. The van der Waals surface area contributed by atoms with Gasteiger partial charge in [-0.15, -0.1) is 10.2 Å². The number of carbonyl (C=O) groups excluding carboxylic acids is 1. The third kappa shape index (κ3) is 5.13. The summed E-state index contributed by atoms with van der Waals surface area (Å²) >= 11 is 3.15. The van der Waals surface area contributed by atoms with Crippen LogP contribution in [0.2, 0.25) is 0 Å². The van der Waals surface area contributed by atoms with Crippen LogP contribution in [-0.4, -0.2) is 46.2 Å². The summed E-state index contributed by atoms with van der Waals surface area (Å²) < 4.78 is 6.91. The molecule has 0 aliphatic carbocycles. The standard InChI is InChI=1S/C23H30N4O2S2/c1-15-8-7-11-27(12-15)23(3,4)14-24-21(28)20-18(13-30-22-26-25-16(2)31-22)17-9-5-6-10-19(17)29-20/h5-6,9-10,15H,7-8,11-14H2,1-4H3,(H,24,28). The second-order valence-corrected chi connectivity index (χ2v) is 11.4. The molecule has 1 fully saturated rings. The van der Waals surface area contributed by atoms with Crippen LogP contribution in [0.25, 0.3) is 11.0 Å². The summed E-state index contributed by atoms with van der Waals surface area (Å²) in [6.45, 7) is 11.4. The number of benzene rings is 1. The van der Waals surface area contributed by atoms with Gasteiger partial charge in [0.2, 0.25) is 0 Å². The Morgan fingerprint density at radius 2 is 2.16 bits per heavy atom. The van der Waals surface area contributed by atoms with Crippen LogP contribution in [0.1, 0.15) is 54.7 Å². The second-order valence-electron chi connectivity index (χ2n) is 8.97. The van der Waals surface area contributed by atoms with Crippen molar-refractivity contribution in [2.75, 3.05) is 19.6 Å². The van der Waals surface area contributed by atoms with Gasteiger partial charge in [0.1, 0.15) is 10.6 Å². The number of amides is 1. The van der Waals surface area contributed by atoms with Crippen LogP contribution in [0.3, 0.4) is 0 Å². The van der Waals surface area contributed by atoms with Crippen molar-refractivity contribution >= 4 is 40.0 Å². The number of likely N-dealkylation sites (tertiary alicyclic amines) is 1. The second kappa shape index (κ2) is 9.30. The van der Waals surface area contributed by atoms with Gasteiger partial charge in [-0.3, -0.25) is 9.69 Å². The number of carbonyl (C=O) groups is 1. The largest absolute Gasteiger partial charge is 0.451 e.